The Balaban J connectivity index is 2.35. The summed E-state index contributed by atoms with van der Waals surface area (Å²) in [5.41, 5.74) is 0. The molecule has 0 spiro atoms. The third-order valence-electron chi connectivity index (χ3n) is 2.65. The zero-order chi connectivity index (χ0) is 12.0. The fourth-order valence-corrected chi connectivity index (χ4v) is 1.81. The molecule has 1 rings (SSSR count). The number of hydrogen-bond donors (Lipinski definition) is 0. The number of ether oxygens (including phenoxy) is 1. The SMILES string of the molecule is CCCN1CCN(C(=O)C(=O)OCC)CC1. The molecular weight excluding hydrogens is 208 g/mol. The molecule has 0 aromatic carbocycles. The lowest BCUT2D eigenvalue weighted by atomic mass is 10.3. The van der Waals surface area contributed by atoms with E-state index in [0.717, 1.165) is 26.1 Å². The van der Waals surface area contributed by atoms with E-state index in [9.17, 15) is 9.59 Å². The van der Waals surface area contributed by atoms with Crippen LogP contribution in [0, 0.1) is 0 Å². The minimum Gasteiger partial charge on any atom is -0.459 e. The van der Waals surface area contributed by atoms with Crippen molar-refractivity contribution in [1.29, 1.82) is 0 Å². The Kier molecular flexibility index (Phi) is 5.25. The van der Waals surface area contributed by atoms with Gasteiger partial charge in [0.15, 0.2) is 0 Å². The first kappa shape index (κ1) is 13.0. The Morgan fingerprint density at radius 3 is 2.25 bits per heavy atom. The van der Waals surface area contributed by atoms with E-state index in [1.54, 1.807) is 11.8 Å². The highest BCUT2D eigenvalue weighted by atomic mass is 16.5. The van der Waals surface area contributed by atoms with Gasteiger partial charge in [0.2, 0.25) is 0 Å². The number of carbonyl (C=O) groups excluding carboxylic acids is 2. The fraction of sp³-hybridized carbons (Fsp3) is 0.818. The van der Waals surface area contributed by atoms with Crippen LogP contribution in [0.4, 0.5) is 0 Å². The zero-order valence-electron chi connectivity index (χ0n) is 10.1. The standard InChI is InChI=1S/C11H20N2O3/c1-3-5-12-6-8-13(9-7-12)10(14)11(15)16-4-2/h3-9H2,1-2H3. The minimum absolute atomic E-state index is 0.250. The molecule has 1 amide bonds. The Morgan fingerprint density at radius 2 is 1.75 bits per heavy atom. The van der Waals surface area contributed by atoms with Crippen molar-refractivity contribution in [3.63, 3.8) is 0 Å². The van der Waals surface area contributed by atoms with E-state index in [1.807, 2.05) is 0 Å². The molecule has 0 aromatic rings. The normalized spacial score (nSPS) is 17.2. The van der Waals surface area contributed by atoms with Gasteiger partial charge in [0.05, 0.1) is 6.61 Å². The average Bonchev–Trinajstić information content (AvgIpc) is 2.30. The summed E-state index contributed by atoms with van der Waals surface area (Å²) in [5, 5.41) is 0. The largest absolute Gasteiger partial charge is 0.459 e. The molecule has 1 heterocycles. The van der Waals surface area contributed by atoms with Crippen molar-refractivity contribution in [1.82, 2.24) is 9.80 Å². The van der Waals surface area contributed by atoms with E-state index in [-0.39, 0.29) is 6.61 Å². The quantitative estimate of drug-likeness (QED) is 0.508. The van der Waals surface area contributed by atoms with Gasteiger partial charge in [-0.25, -0.2) is 4.79 Å². The first-order chi connectivity index (χ1) is 7.69. The van der Waals surface area contributed by atoms with Crippen LogP contribution >= 0.6 is 0 Å². The van der Waals surface area contributed by atoms with E-state index >= 15 is 0 Å². The summed E-state index contributed by atoms with van der Waals surface area (Å²) in [6, 6.07) is 0. The Morgan fingerprint density at radius 1 is 1.12 bits per heavy atom. The molecule has 0 unspecified atom stereocenters. The second kappa shape index (κ2) is 6.48. The molecule has 0 aliphatic carbocycles. The van der Waals surface area contributed by atoms with E-state index in [0.29, 0.717) is 13.1 Å². The molecule has 16 heavy (non-hydrogen) atoms. The number of piperazine rings is 1. The summed E-state index contributed by atoms with van der Waals surface area (Å²) in [5.74, 6) is -1.23. The maximum absolute atomic E-state index is 11.6. The molecule has 0 aromatic heterocycles. The van der Waals surface area contributed by atoms with Crippen LogP contribution in [0.1, 0.15) is 20.3 Å². The Bertz CT molecular complexity index is 248. The van der Waals surface area contributed by atoms with Crippen molar-refractivity contribution in [2.75, 3.05) is 39.3 Å². The third kappa shape index (κ3) is 3.48. The molecular formula is C11H20N2O3. The summed E-state index contributed by atoms with van der Waals surface area (Å²) in [6.07, 6.45) is 1.12. The van der Waals surface area contributed by atoms with Crippen LogP contribution in [0.5, 0.6) is 0 Å². The van der Waals surface area contributed by atoms with Gasteiger partial charge >= 0.3 is 11.9 Å². The lowest BCUT2D eigenvalue weighted by molar-refractivity contribution is -0.160. The van der Waals surface area contributed by atoms with Crippen molar-refractivity contribution in [2.24, 2.45) is 0 Å². The molecule has 1 fully saturated rings. The molecule has 0 N–H and O–H groups in total. The van der Waals surface area contributed by atoms with Crippen LogP contribution in [-0.2, 0) is 14.3 Å². The molecule has 1 aliphatic heterocycles. The van der Waals surface area contributed by atoms with Gasteiger partial charge in [-0.1, -0.05) is 6.92 Å². The molecule has 1 saturated heterocycles. The topological polar surface area (TPSA) is 49.9 Å². The number of nitrogens with zero attached hydrogens (tertiary/aromatic N) is 2. The van der Waals surface area contributed by atoms with Crippen LogP contribution in [0.15, 0.2) is 0 Å². The molecule has 0 bridgehead atoms. The number of hydrogen-bond acceptors (Lipinski definition) is 4. The highest BCUT2D eigenvalue weighted by Gasteiger charge is 2.26. The van der Waals surface area contributed by atoms with E-state index in [2.05, 4.69) is 16.6 Å². The summed E-state index contributed by atoms with van der Waals surface area (Å²) in [7, 11) is 0. The number of rotatable bonds is 3. The average molecular weight is 228 g/mol. The van der Waals surface area contributed by atoms with Crippen LogP contribution in [0.25, 0.3) is 0 Å². The number of amides is 1. The predicted molar refractivity (Wildman–Crippen MR) is 59.9 cm³/mol. The third-order valence-corrected chi connectivity index (χ3v) is 2.65. The molecule has 5 nitrogen and oxygen atoms in total. The second-order valence-electron chi connectivity index (χ2n) is 3.85. The van der Waals surface area contributed by atoms with Crippen molar-refractivity contribution >= 4 is 11.9 Å². The van der Waals surface area contributed by atoms with Crippen LogP contribution in [0.3, 0.4) is 0 Å². The van der Waals surface area contributed by atoms with Gasteiger partial charge in [-0.2, -0.15) is 0 Å². The van der Waals surface area contributed by atoms with E-state index < -0.39 is 11.9 Å². The first-order valence-electron chi connectivity index (χ1n) is 5.87. The van der Waals surface area contributed by atoms with Gasteiger partial charge in [-0.05, 0) is 19.9 Å². The number of esters is 1. The smallest absolute Gasteiger partial charge is 0.397 e. The van der Waals surface area contributed by atoms with E-state index in [4.69, 9.17) is 0 Å². The molecule has 0 atom stereocenters. The van der Waals surface area contributed by atoms with Gasteiger partial charge in [-0.15, -0.1) is 0 Å². The maximum atomic E-state index is 11.6. The van der Waals surface area contributed by atoms with Crippen LogP contribution in [0.2, 0.25) is 0 Å². The highest BCUT2D eigenvalue weighted by Crippen LogP contribution is 2.03. The van der Waals surface area contributed by atoms with Gasteiger partial charge in [0.1, 0.15) is 0 Å². The van der Waals surface area contributed by atoms with Gasteiger partial charge in [0, 0.05) is 26.2 Å². The van der Waals surface area contributed by atoms with Gasteiger partial charge < -0.3 is 9.64 Å². The van der Waals surface area contributed by atoms with Crippen LogP contribution < -0.4 is 0 Å². The molecule has 92 valence electrons. The summed E-state index contributed by atoms with van der Waals surface area (Å²) >= 11 is 0. The lowest BCUT2D eigenvalue weighted by Crippen LogP contribution is -2.50. The van der Waals surface area contributed by atoms with Gasteiger partial charge in [-0.3, -0.25) is 9.69 Å². The van der Waals surface area contributed by atoms with Crippen molar-refractivity contribution in [3.05, 3.63) is 0 Å². The maximum Gasteiger partial charge on any atom is 0.397 e. The second-order valence-corrected chi connectivity index (χ2v) is 3.85. The Hall–Kier alpha value is -1.10. The van der Waals surface area contributed by atoms with Crippen molar-refractivity contribution in [2.45, 2.75) is 20.3 Å². The predicted octanol–water partition coefficient (Wildman–Crippen LogP) is 0.104. The summed E-state index contributed by atoms with van der Waals surface area (Å²) < 4.78 is 4.69. The minimum atomic E-state index is -0.730. The monoisotopic (exact) mass is 228 g/mol. The summed E-state index contributed by atoms with van der Waals surface area (Å²) in [4.78, 5) is 26.7. The first-order valence-corrected chi connectivity index (χ1v) is 5.87. The lowest BCUT2D eigenvalue weighted by Gasteiger charge is -2.33. The fourth-order valence-electron chi connectivity index (χ4n) is 1.81. The Labute approximate surface area is 96.3 Å². The van der Waals surface area contributed by atoms with Gasteiger partial charge in [0.25, 0.3) is 0 Å². The summed E-state index contributed by atoms with van der Waals surface area (Å²) in [6.45, 7) is 8.08. The molecule has 0 saturated carbocycles. The van der Waals surface area contributed by atoms with E-state index in [1.165, 1.54) is 0 Å². The van der Waals surface area contributed by atoms with Crippen molar-refractivity contribution < 1.29 is 14.3 Å². The van der Waals surface area contributed by atoms with Crippen LogP contribution in [-0.4, -0.2) is 61.0 Å². The molecule has 1 aliphatic rings. The number of carbonyl (C=O) groups is 2. The molecule has 5 heteroatoms. The van der Waals surface area contributed by atoms with Crippen molar-refractivity contribution in [3.8, 4) is 0 Å². The molecule has 0 radical (unpaired) electrons. The highest BCUT2D eigenvalue weighted by molar-refractivity contribution is 6.32. The zero-order valence-corrected chi connectivity index (χ0v) is 10.1.